The Morgan fingerprint density at radius 2 is 2.10 bits per heavy atom. The van der Waals surface area contributed by atoms with Crippen LogP contribution in [0.2, 0.25) is 0 Å². The van der Waals surface area contributed by atoms with Crippen molar-refractivity contribution < 1.29 is 19.4 Å². The highest BCUT2D eigenvalue weighted by atomic mass is 16.5. The summed E-state index contributed by atoms with van der Waals surface area (Å²) in [5.41, 5.74) is 0. The number of nitrogens with one attached hydrogen (secondary N) is 2. The van der Waals surface area contributed by atoms with Gasteiger partial charge in [-0.25, -0.2) is 0 Å². The topological polar surface area (TPSA) is 79.8 Å². The maximum atomic E-state index is 11.4. The number of amides is 1. The second-order valence-electron chi connectivity index (χ2n) is 5.22. The minimum absolute atomic E-state index is 0.0950. The molecule has 1 unspecified atom stereocenters. The third kappa shape index (κ3) is 8.47. The fourth-order valence-electron chi connectivity index (χ4n) is 2.25. The largest absolute Gasteiger partial charge is 0.389 e. The second kappa shape index (κ2) is 11.0. The summed E-state index contributed by atoms with van der Waals surface area (Å²) < 4.78 is 10.5. The maximum absolute atomic E-state index is 11.4. The van der Waals surface area contributed by atoms with E-state index in [2.05, 4.69) is 10.6 Å². The molecule has 6 heteroatoms. The van der Waals surface area contributed by atoms with Gasteiger partial charge in [0.25, 0.3) is 0 Å². The van der Waals surface area contributed by atoms with Crippen LogP contribution in [-0.4, -0.2) is 63.2 Å². The van der Waals surface area contributed by atoms with Crippen LogP contribution in [0.25, 0.3) is 0 Å². The van der Waals surface area contributed by atoms with Crippen LogP contribution in [0.4, 0.5) is 0 Å². The first-order valence-corrected chi connectivity index (χ1v) is 7.48. The number of aliphatic hydroxyl groups is 1. The Balaban J connectivity index is 1.96. The summed E-state index contributed by atoms with van der Waals surface area (Å²) in [6.45, 7) is 1.91. The Morgan fingerprint density at radius 1 is 1.35 bits per heavy atom. The molecule has 3 N–H and O–H groups in total. The predicted molar refractivity (Wildman–Crippen MR) is 76.6 cm³/mol. The summed E-state index contributed by atoms with van der Waals surface area (Å²) >= 11 is 0. The van der Waals surface area contributed by atoms with Crippen LogP contribution in [0.3, 0.4) is 0 Å². The van der Waals surface area contributed by atoms with Gasteiger partial charge in [0.05, 0.1) is 32.0 Å². The van der Waals surface area contributed by atoms with Crippen LogP contribution in [0.1, 0.15) is 32.1 Å². The van der Waals surface area contributed by atoms with E-state index in [0.29, 0.717) is 32.4 Å². The number of aliphatic hydroxyl groups excluding tert-OH is 1. The molecular weight excluding hydrogens is 260 g/mol. The predicted octanol–water partition coefficient (Wildman–Crippen LogP) is 0.0488. The van der Waals surface area contributed by atoms with Crippen LogP contribution in [0, 0.1) is 0 Å². The summed E-state index contributed by atoms with van der Waals surface area (Å²) in [7, 11) is 1.59. The third-order valence-corrected chi connectivity index (χ3v) is 3.37. The summed E-state index contributed by atoms with van der Waals surface area (Å²) in [6, 6.07) is 0. The molecule has 1 amide bonds. The normalized spacial score (nSPS) is 17.9. The number of ether oxygens (including phenoxy) is 2. The molecule has 0 saturated heterocycles. The van der Waals surface area contributed by atoms with Crippen molar-refractivity contribution in [2.24, 2.45) is 0 Å². The molecule has 0 heterocycles. The summed E-state index contributed by atoms with van der Waals surface area (Å²) in [5, 5.41) is 15.4. The van der Waals surface area contributed by atoms with Crippen molar-refractivity contribution in [1.82, 2.24) is 10.6 Å². The molecule has 0 aromatic heterocycles. The third-order valence-electron chi connectivity index (χ3n) is 3.37. The number of hydrogen-bond acceptors (Lipinski definition) is 5. The average Bonchev–Trinajstić information content (AvgIpc) is 2.46. The summed E-state index contributed by atoms with van der Waals surface area (Å²) in [6.07, 6.45) is 5.67. The molecule has 118 valence electrons. The smallest absolute Gasteiger partial charge is 0.234 e. The first-order chi connectivity index (χ1) is 9.72. The molecule has 0 bridgehead atoms. The first-order valence-electron chi connectivity index (χ1n) is 7.48. The minimum atomic E-state index is -0.566. The lowest BCUT2D eigenvalue weighted by atomic mass is 9.98. The van der Waals surface area contributed by atoms with E-state index in [1.54, 1.807) is 7.11 Å². The second-order valence-corrected chi connectivity index (χ2v) is 5.22. The lowest BCUT2D eigenvalue weighted by Gasteiger charge is -2.23. The standard InChI is InChI=1S/C14H28N2O4/c1-19-8-7-16-14(18)10-15-9-12(17)11-20-13-5-3-2-4-6-13/h12-13,15,17H,2-11H2,1H3,(H,16,18). The van der Waals surface area contributed by atoms with Crippen LogP contribution in [0.5, 0.6) is 0 Å². The molecule has 0 spiro atoms. The fourth-order valence-corrected chi connectivity index (χ4v) is 2.25. The van der Waals surface area contributed by atoms with Gasteiger partial charge in [0.15, 0.2) is 0 Å². The van der Waals surface area contributed by atoms with Crippen molar-refractivity contribution in [2.75, 3.05) is 40.0 Å². The zero-order chi connectivity index (χ0) is 14.6. The lowest BCUT2D eigenvalue weighted by molar-refractivity contribution is -0.120. The van der Waals surface area contributed by atoms with E-state index in [1.165, 1.54) is 19.3 Å². The van der Waals surface area contributed by atoms with E-state index in [1.807, 2.05) is 0 Å². The molecule has 1 aliphatic carbocycles. The Labute approximate surface area is 121 Å². The van der Waals surface area contributed by atoms with Crippen molar-refractivity contribution in [3.05, 3.63) is 0 Å². The van der Waals surface area contributed by atoms with Crippen molar-refractivity contribution in [3.63, 3.8) is 0 Å². The van der Waals surface area contributed by atoms with E-state index in [0.717, 1.165) is 12.8 Å². The van der Waals surface area contributed by atoms with Crippen LogP contribution in [-0.2, 0) is 14.3 Å². The molecule has 0 radical (unpaired) electrons. The molecule has 1 rings (SSSR count). The Morgan fingerprint density at radius 3 is 2.80 bits per heavy atom. The van der Waals surface area contributed by atoms with Crippen LogP contribution < -0.4 is 10.6 Å². The van der Waals surface area contributed by atoms with Gasteiger partial charge in [-0.2, -0.15) is 0 Å². The van der Waals surface area contributed by atoms with Crippen molar-refractivity contribution >= 4 is 5.91 Å². The minimum Gasteiger partial charge on any atom is -0.389 e. The zero-order valence-electron chi connectivity index (χ0n) is 12.4. The highest BCUT2D eigenvalue weighted by molar-refractivity contribution is 5.77. The molecule has 0 aliphatic heterocycles. The monoisotopic (exact) mass is 288 g/mol. The van der Waals surface area contributed by atoms with Gasteiger partial charge >= 0.3 is 0 Å². The van der Waals surface area contributed by atoms with Gasteiger partial charge in [0.1, 0.15) is 0 Å². The van der Waals surface area contributed by atoms with Crippen molar-refractivity contribution in [2.45, 2.75) is 44.3 Å². The molecule has 1 atom stereocenters. The quantitative estimate of drug-likeness (QED) is 0.495. The molecule has 1 aliphatic rings. The highest BCUT2D eigenvalue weighted by Crippen LogP contribution is 2.20. The Kier molecular flexibility index (Phi) is 9.57. The number of methoxy groups -OCH3 is 1. The van der Waals surface area contributed by atoms with E-state index in [9.17, 15) is 9.90 Å². The van der Waals surface area contributed by atoms with Gasteiger partial charge < -0.3 is 25.2 Å². The van der Waals surface area contributed by atoms with Gasteiger partial charge in [-0.05, 0) is 12.8 Å². The number of hydrogen-bond donors (Lipinski definition) is 3. The number of carbonyl (C=O) groups is 1. The van der Waals surface area contributed by atoms with E-state index in [-0.39, 0.29) is 12.5 Å². The van der Waals surface area contributed by atoms with Crippen molar-refractivity contribution in [1.29, 1.82) is 0 Å². The van der Waals surface area contributed by atoms with Gasteiger partial charge in [-0.15, -0.1) is 0 Å². The molecule has 6 nitrogen and oxygen atoms in total. The number of rotatable bonds is 10. The first kappa shape index (κ1) is 17.4. The molecule has 1 saturated carbocycles. The summed E-state index contributed by atoms with van der Waals surface area (Å²) in [4.78, 5) is 11.4. The van der Waals surface area contributed by atoms with E-state index < -0.39 is 6.10 Å². The Bertz CT molecular complexity index is 258. The number of carbonyl (C=O) groups excluding carboxylic acids is 1. The van der Waals surface area contributed by atoms with Gasteiger partial charge in [-0.1, -0.05) is 19.3 Å². The molecule has 0 aromatic carbocycles. The molecule has 1 fully saturated rings. The van der Waals surface area contributed by atoms with E-state index >= 15 is 0 Å². The van der Waals surface area contributed by atoms with Gasteiger partial charge in [0, 0.05) is 20.2 Å². The Hall–Kier alpha value is -0.690. The van der Waals surface area contributed by atoms with Crippen molar-refractivity contribution in [3.8, 4) is 0 Å². The van der Waals surface area contributed by atoms with Gasteiger partial charge in [0.2, 0.25) is 5.91 Å². The van der Waals surface area contributed by atoms with Crippen LogP contribution in [0.15, 0.2) is 0 Å². The molecule has 0 aromatic rings. The van der Waals surface area contributed by atoms with Crippen LogP contribution >= 0.6 is 0 Å². The maximum Gasteiger partial charge on any atom is 0.234 e. The van der Waals surface area contributed by atoms with E-state index in [4.69, 9.17) is 9.47 Å². The highest BCUT2D eigenvalue weighted by Gasteiger charge is 2.15. The van der Waals surface area contributed by atoms with Gasteiger partial charge in [-0.3, -0.25) is 4.79 Å². The fraction of sp³-hybridized carbons (Fsp3) is 0.929. The molecular formula is C14H28N2O4. The average molecular weight is 288 g/mol. The SMILES string of the molecule is COCCNC(=O)CNCC(O)COC1CCCCC1. The zero-order valence-corrected chi connectivity index (χ0v) is 12.4. The lowest BCUT2D eigenvalue weighted by Crippen LogP contribution is -2.39. The summed E-state index contributed by atoms with van der Waals surface area (Å²) in [5.74, 6) is -0.0950. The molecule has 20 heavy (non-hydrogen) atoms.